The Bertz CT molecular complexity index is 559. The van der Waals surface area contributed by atoms with Gasteiger partial charge in [-0.15, -0.1) is 0 Å². The molecule has 1 aromatic rings. The van der Waals surface area contributed by atoms with Crippen LogP contribution in [-0.2, 0) is 9.59 Å². The van der Waals surface area contributed by atoms with E-state index >= 15 is 0 Å². The number of carboxylic acid groups (broad SMARTS) is 1. The maximum Gasteiger partial charge on any atom is 0.310 e. The molecule has 1 aliphatic rings. The molecular weight excluding hydrogens is 270 g/mol. The van der Waals surface area contributed by atoms with Crippen LogP contribution in [-0.4, -0.2) is 29.6 Å². The number of para-hydroxylation sites is 1. The van der Waals surface area contributed by atoms with Crippen LogP contribution in [0.5, 0.6) is 5.75 Å². The number of carbonyl (C=O) groups is 2. The van der Waals surface area contributed by atoms with Gasteiger partial charge in [-0.3, -0.25) is 9.59 Å². The summed E-state index contributed by atoms with van der Waals surface area (Å²) in [6.45, 7) is 3.78. The van der Waals surface area contributed by atoms with Gasteiger partial charge in [0.1, 0.15) is 5.75 Å². The third kappa shape index (κ3) is 3.84. The van der Waals surface area contributed by atoms with Crippen molar-refractivity contribution in [1.82, 2.24) is 5.32 Å². The Balaban J connectivity index is 1.84. The molecule has 2 rings (SSSR count). The summed E-state index contributed by atoms with van der Waals surface area (Å²) in [7, 11) is 0. The van der Waals surface area contributed by atoms with E-state index in [1.54, 1.807) is 12.2 Å². The van der Waals surface area contributed by atoms with Crippen LogP contribution < -0.4 is 10.1 Å². The smallest absolute Gasteiger partial charge is 0.310 e. The Morgan fingerprint density at radius 3 is 2.52 bits per heavy atom. The van der Waals surface area contributed by atoms with E-state index in [0.717, 1.165) is 16.9 Å². The summed E-state index contributed by atoms with van der Waals surface area (Å²) in [5, 5.41) is 11.6. The van der Waals surface area contributed by atoms with Gasteiger partial charge < -0.3 is 15.2 Å². The first-order chi connectivity index (χ1) is 9.97. The second kappa shape index (κ2) is 6.43. The van der Waals surface area contributed by atoms with E-state index in [1.165, 1.54) is 0 Å². The molecule has 0 bridgehead atoms. The van der Waals surface area contributed by atoms with Crippen molar-refractivity contribution in [2.45, 2.75) is 26.3 Å². The summed E-state index contributed by atoms with van der Waals surface area (Å²) < 4.78 is 5.56. The number of hydrogen-bond acceptors (Lipinski definition) is 3. The SMILES string of the molecule is Cc1cccc(C)c1OCC(=O)NC1C=CC(C(=O)O)C1. The van der Waals surface area contributed by atoms with Crippen molar-refractivity contribution in [3.8, 4) is 5.75 Å². The molecule has 0 radical (unpaired) electrons. The van der Waals surface area contributed by atoms with Gasteiger partial charge in [0.05, 0.1) is 5.92 Å². The Kier molecular flexibility index (Phi) is 4.62. The standard InChI is InChI=1S/C16H19NO4/c1-10-4-3-5-11(2)15(10)21-9-14(18)17-13-7-6-12(8-13)16(19)20/h3-7,12-13H,8-9H2,1-2H3,(H,17,18)(H,19,20). The largest absolute Gasteiger partial charge is 0.483 e. The normalized spacial score (nSPS) is 20.3. The second-order valence-corrected chi connectivity index (χ2v) is 5.25. The molecule has 0 fully saturated rings. The first kappa shape index (κ1) is 15.1. The lowest BCUT2D eigenvalue weighted by Crippen LogP contribution is -2.36. The summed E-state index contributed by atoms with van der Waals surface area (Å²) in [5.41, 5.74) is 1.96. The van der Waals surface area contributed by atoms with Crippen molar-refractivity contribution in [3.63, 3.8) is 0 Å². The predicted molar refractivity (Wildman–Crippen MR) is 78.2 cm³/mol. The molecule has 1 aromatic carbocycles. The van der Waals surface area contributed by atoms with Gasteiger partial charge in [-0.25, -0.2) is 0 Å². The molecule has 0 saturated heterocycles. The molecule has 5 nitrogen and oxygen atoms in total. The number of nitrogens with one attached hydrogen (secondary N) is 1. The van der Waals surface area contributed by atoms with Gasteiger partial charge in [0.2, 0.25) is 0 Å². The number of aliphatic carboxylic acids is 1. The molecule has 0 spiro atoms. The van der Waals surface area contributed by atoms with Crippen LogP contribution in [0.3, 0.4) is 0 Å². The highest BCUT2D eigenvalue weighted by Crippen LogP contribution is 2.22. The molecule has 0 saturated carbocycles. The average molecular weight is 289 g/mol. The van der Waals surface area contributed by atoms with E-state index in [2.05, 4.69) is 5.32 Å². The Hall–Kier alpha value is -2.30. The molecule has 112 valence electrons. The number of ether oxygens (including phenoxy) is 1. The Labute approximate surface area is 123 Å². The zero-order valence-corrected chi connectivity index (χ0v) is 12.1. The lowest BCUT2D eigenvalue weighted by Gasteiger charge is -2.14. The predicted octanol–water partition coefficient (Wildman–Crippen LogP) is 1.83. The number of rotatable bonds is 5. The van der Waals surface area contributed by atoms with Gasteiger partial charge in [-0.1, -0.05) is 30.4 Å². The molecule has 5 heteroatoms. The molecule has 0 heterocycles. The number of aryl methyl sites for hydroxylation is 2. The second-order valence-electron chi connectivity index (χ2n) is 5.25. The minimum absolute atomic E-state index is 0.0756. The maximum atomic E-state index is 11.9. The molecule has 2 atom stereocenters. The van der Waals surface area contributed by atoms with E-state index in [9.17, 15) is 9.59 Å². The van der Waals surface area contributed by atoms with E-state index < -0.39 is 11.9 Å². The molecular formula is C16H19NO4. The monoisotopic (exact) mass is 289 g/mol. The lowest BCUT2D eigenvalue weighted by molar-refractivity contribution is -0.140. The maximum absolute atomic E-state index is 11.9. The van der Waals surface area contributed by atoms with Gasteiger partial charge in [-0.05, 0) is 31.4 Å². The topological polar surface area (TPSA) is 75.6 Å². The zero-order valence-electron chi connectivity index (χ0n) is 12.1. The summed E-state index contributed by atoms with van der Waals surface area (Å²) in [5.74, 6) is -0.916. The van der Waals surface area contributed by atoms with Crippen molar-refractivity contribution < 1.29 is 19.4 Å². The molecule has 2 N–H and O–H groups in total. The van der Waals surface area contributed by atoms with E-state index in [-0.39, 0.29) is 18.6 Å². The van der Waals surface area contributed by atoms with E-state index in [0.29, 0.717) is 6.42 Å². The number of benzene rings is 1. The summed E-state index contributed by atoms with van der Waals surface area (Å²) in [6.07, 6.45) is 3.72. The Morgan fingerprint density at radius 1 is 1.29 bits per heavy atom. The third-order valence-electron chi connectivity index (χ3n) is 3.50. The molecule has 1 amide bonds. The van der Waals surface area contributed by atoms with Gasteiger partial charge in [0, 0.05) is 6.04 Å². The van der Waals surface area contributed by atoms with Gasteiger partial charge in [0.15, 0.2) is 6.61 Å². The van der Waals surface area contributed by atoms with Crippen molar-refractivity contribution in [2.75, 3.05) is 6.61 Å². The van der Waals surface area contributed by atoms with Gasteiger partial charge >= 0.3 is 5.97 Å². The first-order valence-electron chi connectivity index (χ1n) is 6.87. The lowest BCUT2D eigenvalue weighted by atomic mass is 10.1. The van der Waals surface area contributed by atoms with Crippen LogP contribution in [0.1, 0.15) is 17.5 Å². The fraction of sp³-hybridized carbons (Fsp3) is 0.375. The van der Waals surface area contributed by atoms with Crippen molar-refractivity contribution >= 4 is 11.9 Å². The van der Waals surface area contributed by atoms with Crippen molar-refractivity contribution in [2.24, 2.45) is 5.92 Å². The fourth-order valence-electron chi connectivity index (χ4n) is 2.40. The average Bonchev–Trinajstić information content (AvgIpc) is 2.87. The van der Waals surface area contributed by atoms with Crippen LogP contribution in [0.15, 0.2) is 30.4 Å². The van der Waals surface area contributed by atoms with Gasteiger partial charge in [-0.2, -0.15) is 0 Å². The van der Waals surface area contributed by atoms with Gasteiger partial charge in [0.25, 0.3) is 5.91 Å². The zero-order chi connectivity index (χ0) is 15.4. The van der Waals surface area contributed by atoms with E-state index in [4.69, 9.17) is 9.84 Å². The number of carboxylic acids is 1. The highest BCUT2D eigenvalue weighted by atomic mass is 16.5. The summed E-state index contributed by atoms with van der Waals surface area (Å²) in [6, 6.07) is 5.56. The van der Waals surface area contributed by atoms with Crippen LogP contribution in [0.4, 0.5) is 0 Å². The highest BCUT2D eigenvalue weighted by Gasteiger charge is 2.25. The first-order valence-corrected chi connectivity index (χ1v) is 6.87. The molecule has 0 aliphatic heterocycles. The minimum Gasteiger partial charge on any atom is -0.483 e. The summed E-state index contributed by atoms with van der Waals surface area (Å²) >= 11 is 0. The fourth-order valence-corrected chi connectivity index (χ4v) is 2.40. The van der Waals surface area contributed by atoms with E-state index in [1.807, 2.05) is 32.0 Å². The third-order valence-corrected chi connectivity index (χ3v) is 3.50. The number of hydrogen-bond donors (Lipinski definition) is 2. The van der Waals surface area contributed by atoms with Crippen LogP contribution in [0.2, 0.25) is 0 Å². The molecule has 2 unspecified atom stereocenters. The minimum atomic E-state index is -0.866. The van der Waals surface area contributed by atoms with Crippen LogP contribution >= 0.6 is 0 Å². The van der Waals surface area contributed by atoms with Crippen molar-refractivity contribution in [3.05, 3.63) is 41.5 Å². The molecule has 21 heavy (non-hydrogen) atoms. The summed E-state index contributed by atoms with van der Waals surface area (Å²) in [4.78, 5) is 22.7. The molecule has 0 aromatic heterocycles. The number of amides is 1. The molecule has 1 aliphatic carbocycles. The van der Waals surface area contributed by atoms with Crippen LogP contribution in [0.25, 0.3) is 0 Å². The van der Waals surface area contributed by atoms with Crippen LogP contribution in [0, 0.1) is 19.8 Å². The van der Waals surface area contributed by atoms with Crippen molar-refractivity contribution in [1.29, 1.82) is 0 Å². The highest BCUT2D eigenvalue weighted by molar-refractivity contribution is 5.79. The quantitative estimate of drug-likeness (QED) is 0.811. The Morgan fingerprint density at radius 2 is 1.95 bits per heavy atom. The number of carbonyl (C=O) groups excluding carboxylic acids is 1.